The van der Waals surface area contributed by atoms with Gasteiger partial charge in [-0.25, -0.2) is 0 Å². The van der Waals surface area contributed by atoms with Crippen molar-refractivity contribution in [2.24, 2.45) is 5.73 Å². The Kier molecular flexibility index (Phi) is 6.87. The highest BCUT2D eigenvalue weighted by Crippen LogP contribution is 2.37. The topological polar surface area (TPSA) is 73.6 Å². The molecule has 5 nitrogen and oxygen atoms in total. The molecule has 25 heavy (non-hydrogen) atoms. The van der Waals surface area contributed by atoms with Crippen molar-refractivity contribution in [1.82, 2.24) is 5.32 Å². The molecule has 0 aliphatic rings. The smallest absolute Gasteiger partial charge is 0.257 e. The van der Waals surface area contributed by atoms with Crippen molar-refractivity contribution >= 4 is 46.4 Å². The number of carbonyl (C=O) groups is 1. The van der Waals surface area contributed by atoms with Crippen molar-refractivity contribution in [1.29, 1.82) is 0 Å². The predicted octanol–water partition coefficient (Wildman–Crippen LogP) is 3.94. The molecule has 0 fully saturated rings. The molecular formula is C17H16Cl2N2O3S. The maximum absolute atomic E-state index is 12.0. The molecular weight excluding hydrogens is 383 g/mol. The standard InChI is InChI=1S/C17H16Cl2N2O3S/c1-2-23-14-8-11(16(22)21-17(20)25)7-13(19)15(14)24-9-10-3-5-12(18)6-4-10/h3-8H,2,9H2,1H3,(H3,20,21,22,25). The second-order valence-electron chi connectivity index (χ2n) is 4.95. The molecule has 0 aliphatic heterocycles. The molecule has 132 valence electrons. The molecule has 0 saturated carbocycles. The van der Waals surface area contributed by atoms with E-state index in [0.717, 1.165) is 5.56 Å². The second-order valence-corrected chi connectivity index (χ2v) is 6.24. The SMILES string of the molecule is CCOc1cc(C(=O)NC(N)=S)cc(Cl)c1OCc1ccc(Cl)cc1. The molecule has 0 radical (unpaired) electrons. The molecule has 3 N–H and O–H groups in total. The van der Waals surface area contributed by atoms with Crippen LogP contribution in [0, 0.1) is 0 Å². The first kappa shape index (κ1) is 19.3. The molecule has 2 aromatic carbocycles. The summed E-state index contributed by atoms with van der Waals surface area (Å²) in [5.74, 6) is 0.238. The first-order valence-corrected chi connectivity index (χ1v) is 8.51. The van der Waals surface area contributed by atoms with Crippen molar-refractivity contribution in [3.63, 3.8) is 0 Å². The van der Waals surface area contributed by atoms with Crippen molar-refractivity contribution in [2.45, 2.75) is 13.5 Å². The Balaban J connectivity index is 2.25. The fourth-order valence-electron chi connectivity index (χ4n) is 2.02. The number of nitrogens with one attached hydrogen (secondary N) is 1. The van der Waals surface area contributed by atoms with Crippen molar-refractivity contribution in [2.75, 3.05) is 6.61 Å². The van der Waals surface area contributed by atoms with Gasteiger partial charge in [-0.2, -0.15) is 0 Å². The lowest BCUT2D eigenvalue weighted by Crippen LogP contribution is -2.34. The number of hydrogen-bond donors (Lipinski definition) is 2. The third-order valence-corrected chi connectivity index (χ3v) is 3.74. The van der Waals surface area contributed by atoms with E-state index in [1.165, 1.54) is 12.1 Å². The summed E-state index contributed by atoms with van der Waals surface area (Å²) in [6, 6.07) is 10.2. The Labute approximate surface area is 161 Å². The second kappa shape index (κ2) is 8.89. The van der Waals surface area contributed by atoms with Crippen LogP contribution < -0.4 is 20.5 Å². The van der Waals surface area contributed by atoms with Crippen LogP contribution in [0.15, 0.2) is 36.4 Å². The Morgan fingerprint density at radius 2 is 1.88 bits per heavy atom. The molecule has 0 unspecified atom stereocenters. The third-order valence-electron chi connectivity index (χ3n) is 3.10. The summed E-state index contributed by atoms with van der Waals surface area (Å²) in [7, 11) is 0. The average molecular weight is 399 g/mol. The van der Waals surface area contributed by atoms with E-state index in [1.807, 2.05) is 19.1 Å². The van der Waals surface area contributed by atoms with Gasteiger partial charge in [0, 0.05) is 10.6 Å². The summed E-state index contributed by atoms with van der Waals surface area (Å²) in [5, 5.41) is 3.10. The minimum absolute atomic E-state index is 0.123. The summed E-state index contributed by atoms with van der Waals surface area (Å²) in [6.07, 6.45) is 0. The predicted molar refractivity (Wildman–Crippen MR) is 103 cm³/mol. The van der Waals surface area contributed by atoms with Gasteiger partial charge in [0.2, 0.25) is 0 Å². The maximum Gasteiger partial charge on any atom is 0.257 e. The molecule has 0 aliphatic carbocycles. The molecule has 0 heterocycles. The molecule has 0 saturated heterocycles. The minimum Gasteiger partial charge on any atom is -0.490 e. The Bertz CT molecular complexity index is 782. The Morgan fingerprint density at radius 3 is 2.48 bits per heavy atom. The zero-order valence-electron chi connectivity index (χ0n) is 13.3. The maximum atomic E-state index is 12.0. The normalized spacial score (nSPS) is 10.2. The van der Waals surface area contributed by atoms with Crippen LogP contribution in [0.2, 0.25) is 10.0 Å². The van der Waals surface area contributed by atoms with Gasteiger partial charge in [0.25, 0.3) is 5.91 Å². The summed E-state index contributed by atoms with van der Waals surface area (Å²) in [5.41, 5.74) is 6.50. The molecule has 2 rings (SSSR count). The lowest BCUT2D eigenvalue weighted by atomic mass is 10.2. The third kappa shape index (κ3) is 5.49. The van der Waals surface area contributed by atoms with Crippen LogP contribution in [0.1, 0.15) is 22.8 Å². The van der Waals surface area contributed by atoms with Crippen LogP contribution in [0.4, 0.5) is 0 Å². The number of benzene rings is 2. The molecule has 0 spiro atoms. The van der Waals surface area contributed by atoms with Crippen LogP contribution in [0.5, 0.6) is 11.5 Å². The minimum atomic E-state index is -0.473. The monoisotopic (exact) mass is 398 g/mol. The van der Waals surface area contributed by atoms with Crippen molar-refractivity contribution in [3.8, 4) is 11.5 Å². The first-order chi connectivity index (χ1) is 11.9. The van der Waals surface area contributed by atoms with E-state index in [1.54, 1.807) is 12.1 Å². The van der Waals surface area contributed by atoms with Crippen LogP contribution in [0.25, 0.3) is 0 Å². The van der Waals surface area contributed by atoms with Gasteiger partial charge in [-0.15, -0.1) is 0 Å². The molecule has 8 heteroatoms. The molecule has 0 aromatic heterocycles. The van der Waals surface area contributed by atoms with Crippen LogP contribution in [-0.4, -0.2) is 17.6 Å². The number of thiocarbonyl (C=S) groups is 1. The van der Waals surface area contributed by atoms with E-state index >= 15 is 0 Å². The van der Waals surface area contributed by atoms with Gasteiger partial charge in [0.05, 0.1) is 11.6 Å². The first-order valence-electron chi connectivity index (χ1n) is 7.35. The number of nitrogens with two attached hydrogens (primary N) is 1. The number of rotatable bonds is 6. The van der Waals surface area contributed by atoms with Gasteiger partial charge in [0.1, 0.15) is 6.61 Å². The average Bonchev–Trinajstić information content (AvgIpc) is 2.55. The fourth-order valence-corrected chi connectivity index (χ4v) is 2.51. The van der Waals surface area contributed by atoms with Gasteiger partial charge in [-0.1, -0.05) is 35.3 Å². The van der Waals surface area contributed by atoms with E-state index < -0.39 is 5.91 Å². The highest BCUT2D eigenvalue weighted by Gasteiger charge is 2.17. The number of carbonyl (C=O) groups excluding carboxylic acids is 1. The highest BCUT2D eigenvalue weighted by molar-refractivity contribution is 7.80. The summed E-state index contributed by atoms with van der Waals surface area (Å²) in [4.78, 5) is 12.0. The molecule has 2 aromatic rings. The molecule has 0 bridgehead atoms. The number of hydrogen-bond acceptors (Lipinski definition) is 4. The van der Waals surface area contributed by atoms with Crippen LogP contribution in [-0.2, 0) is 6.61 Å². The van der Waals surface area contributed by atoms with E-state index in [0.29, 0.717) is 23.1 Å². The van der Waals surface area contributed by atoms with Crippen LogP contribution in [0.3, 0.4) is 0 Å². The zero-order valence-corrected chi connectivity index (χ0v) is 15.7. The fraction of sp³-hybridized carbons (Fsp3) is 0.176. The van der Waals surface area contributed by atoms with Crippen molar-refractivity contribution < 1.29 is 14.3 Å². The lowest BCUT2D eigenvalue weighted by molar-refractivity contribution is 0.0977. The summed E-state index contributed by atoms with van der Waals surface area (Å²) in [6.45, 7) is 2.47. The van der Waals surface area contributed by atoms with Gasteiger partial charge >= 0.3 is 0 Å². The van der Waals surface area contributed by atoms with E-state index in [9.17, 15) is 4.79 Å². The quantitative estimate of drug-likeness (QED) is 0.720. The summed E-state index contributed by atoms with van der Waals surface area (Å²) >= 11 is 16.8. The lowest BCUT2D eigenvalue weighted by Gasteiger charge is -2.15. The number of halogens is 2. The van der Waals surface area contributed by atoms with Gasteiger partial charge in [-0.3, -0.25) is 10.1 Å². The molecule has 0 atom stereocenters. The van der Waals surface area contributed by atoms with E-state index in [-0.39, 0.29) is 22.3 Å². The van der Waals surface area contributed by atoms with Gasteiger partial charge in [-0.05, 0) is 49.0 Å². The zero-order chi connectivity index (χ0) is 18.4. The van der Waals surface area contributed by atoms with E-state index in [2.05, 4.69) is 17.5 Å². The van der Waals surface area contributed by atoms with Gasteiger partial charge in [0.15, 0.2) is 16.6 Å². The summed E-state index contributed by atoms with van der Waals surface area (Å²) < 4.78 is 11.3. The number of ether oxygens (including phenoxy) is 2. The van der Waals surface area contributed by atoms with E-state index in [4.69, 9.17) is 38.4 Å². The Morgan fingerprint density at radius 1 is 1.20 bits per heavy atom. The largest absolute Gasteiger partial charge is 0.490 e. The highest BCUT2D eigenvalue weighted by atomic mass is 35.5. The number of amides is 1. The van der Waals surface area contributed by atoms with Crippen molar-refractivity contribution in [3.05, 3.63) is 57.6 Å². The van der Waals surface area contributed by atoms with Gasteiger partial charge < -0.3 is 15.2 Å². The molecule has 1 amide bonds. The Hall–Kier alpha value is -2.02. The van der Waals surface area contributed by atoms with Crippen LogP contribution >= 0.6 is 35.4 Å².